The van der Waals surface area contributed by atoms with Crippen LogP contribution in [0.3, 0.4) is 0 Å². The zero-order chi connectivity index (χ0) is 24.2. The van der Waals surface area contributed by atoms with Gasteiger partial charge in [-0.3, -0.25) is 9.10 Å². The SMILES string of the molecule is CCN(C(=O)COC(=O)c1cccc(S(=O)(=O)N(C)c2ccccc2)c1)[C@H]1CCS(=O)(=O)C1. The third-order valence-corrected chi connectivity index (χ3v) is 9.02. The quantitative estimate of drug-likeness (QED) is 0.513. The number of anilines is 1. The van der Waals surface area contributed by atoms with E-state index in [2.05, 4.69) is 0 Å². The Bertz CT molecular complexity index is 1230. The molecule has 1 saturated heterocycles. The van der Waals surface area contributed by atoms with Crippen LogP contribution in [0, 0.1) is 0 Å². The normalized spacial score (nSPS) is 17.3. The number of nitrogens with zero attached hydrogens (tertiary/aromatic N) is 2. The fraction of sp³-hybridized carbons (Fsp3) is 0.364. The van der Waals surface area contributed by atoms with Crippen LogP contribution in [0.2, 0.25) is 0 Å². The molecule has 1 fully saturated rings. The van der Waals surface area contributed by atoms with E-state index in [0.29, 0.717) is 12.1 Å². The zero-order valence-corrected chi connectivity index (χ0v) is 20.0. The van der Waals surface area contributed by atoms with Crippen molar-refractivity contribution in [3.8, 4) is 0 Å². The highest BCUT2D eigenvalue weighted by Gasteiger charge is 2.34. The van der Waals surface area contributed by atoms with Crippen LogP contribution in [0.15, 0.2) is 59.5 Å². The summed E-state index contributed by atoms with van der Waals surface area (Å²) in [5.74, 6) is -1.42. The molecule has 1 atom stereocenters. The summed E-state index contributed by atoms with van der Waals surface area (Å²) < 4.78 is 55.6. The van der Waals surface area contributed by atoms with Gasteiger partial charge in [-0.05, 0) is 43.7 Å². The van der Waals surface area contributed by atoms with E-state index in [1.807, 2.05) is 0 Å². The van der Waals surface area contributed by atoms with Crippen LogP contribution in [-0.4, -0.2) is 71.4 Å². The predicted molar refractivity (Wildman–Crippen MR) is 123 cm³/mol. The van der Waals surface area contributed by atoms with Gasteiger partial charge >= 0.3 is 5.97 Å². The molecular weight excluding hydrogens is 468 g/mol. The topological polar surface area (TPSA) is 118 Å². The Hall–Kier alpha value is -2.92. The minimum absolute atomic E-state index is 0.0168. The number of esters is 1. The van der Waals surface area contributed by atoms with Crippen LogP contribution >= 0.6 is 0 Å². The molecule has 0 saturated carbocycles. The van der Waals surface area contributed by atoms with Crippen LogP contribution in [0.5, 0.6) is 0 Å². The number of hydrogen-bond acceptors (Lipinski definition) is 7. The number of amides is 1. The highest BCUT2D eigenvalue weighted by atomic mass is 32.2. The first-order valence-electron chi connectivity index (χ1n) is 10.4. The lowest BCUT2D eigenvalue weighted by Gasteiger charge is -2.26. The van der Waals surface area contributed by atoms with Crippen LogP contribution < -0.4 is 4.31 Å². The fourth-order valence-corrected chi connectivity index (χ4v) is 6.64. The van der Waals surface area contributed by atoms with E-state index >= 15 is 0 Å². The minimum Gasteiger partial charge on any atom is -0.452 e. The molecule has 1 heterocycles. The van der Waals surface area contributed by atoms with Crippen LogP contribution in [0.4, 0.5) is 5.69 Å². The molecule has 3 rings (SSSR count). The molecule has 1 aliphatic heterocycles. The van der Waals surface area contributed by atoms with Crippen LogP contribution in [0.1, 0.15) is 23.7 Å². The van der Waals surface area contributed by atoms with Crippen molar-refractivity contribution >= 4 is 37.4 Å². The number of benzene rings is 2. The number of para-hydroxylation sites is 1. The van der Waals surface area contributed by atoms with E-state index in [9.17, 15) is 26.4 Å². The Morgan fingerprint density at radius 1 is 1.09 bits per heavy atom. The highest BCUT2D eigenvalue weighted by molar-refractivity contribution is 7.92. The highest BCUT2D eigenvalue weighted by Crippen LogP contribution is 2.23. The van der Waals surface area contributed by atoms with Gasteiger partial charge in [0.1, 0.15) is 0 Å². The second-order valence-electron chi connectivity index (χ2n) is 7.65. The van der Waals surface area contributed by atoms with Gasteiger partial charge in [-0.1, -0.05) is 24.3 Å². The summed E-state index contributed by atoms with van der Waals surface area (Å²) in [5.41, 5.74) is 0.446. The summed E-state index contributed by atoms with van der Waals surface area (Å²) in [6.07, 6.45) is 0.352. The maximum Gasteiger partial charge on any atom is 0.338 e. The van der Waals surface area contributed by atoms with Crippen molar-refractivity contribution in [1.82, 2.24) is 4.90 Å². The first-order chi connectivity index (χ1) is 15.5. The molecule has 0 bridgehead atoms. The van der Waals surface area contributed by atoms with Crippen LogP contribution in [0.25, 0.3) is 0 Å². The lowest BCUT2D eigenvalue weighted by Crippen LogP contribution is -2.43. The van der Waals surface area contributed by atoms with E-state index in [1.54, 1.807) is 37.3 Å². The third-order valence-electron chi connectivity index (χ3n) is 5.48. The van der Waals surface area contributed by atoms with Gasteiger partial charge in [0, 0.05) is 19.6 Å². The minimum atomic E-state index is -3.93. The van der Waals surface area contributed by atoms with Crippen molar-refractivity contribution in [3.63, 3.8) is 0 Å². The van der Waals surface area contributed by atoms with E-state index in [1.165, 1.54) is 36.2 Å². The Kier molecular flexibility index (Phi) is 7.43. The van der Waals surface area contributed by atoms with Crippen molar-refractivity contribution in [2.75, 3.05) is 36.0 Å². The molecule has 0 aromatic heterocycles. The van der Waals surface area contributed by atoms with E-state index in [-0.39, 0.29) is 28.5 Å². The van der Waals surface area contributed by atoms with E-state index in [4.69, 9.17) is 4.74 Å². The molecule has 33 heavy (non-hydrogen) atoms. The molecule has 0 N–H and O–H groups in total. The molecular formula is C22H26N2O7S2. The number of carbonyl (C=O) groups excluding carboxylic acids is 2. The number of sulfonamides is 1. The van der Waals surface area contributed by atoms with Crippen molar-refractivity contribution in [2.24, 2.45) is 0 Å². The van der Waals surface area contributed by atoms with E-state index < -0.39 is 44.4 Å². The maximum absolute atomic E-state index is 13.0. The summed E-state index contributed by atoms with van der Waals surface area (Å²) in [6, 6.07) is 13.5. The van der Waals surface area contributed by atoms with Gasteiger partial charge in [0.25, 0.3) is 15.9 Å². The third kappa shape index (κ3) is 5.72. The molecule has 1 aliphatic rings. The summed E-state index contributed by atoms with van der Waals surface area (Å²) in [4.78, 5) is 26.3. The molecule has 2 aromatic rings. The lowest BCUT2D eigenvalue weighted by atomic mass is 10.2. The Labute approximate surface area is 193 Å². The lowest BCUT2D eigenvalue weighted by molar-refractivity contribution is -0.136. The van der Waals surface area contributed by atoms with Crippen molar-refractivity contribution in [3.05, 3.63) is 60.2 Å². The average molecular weight is 495 g/mol. The number of likely N-dealkylation sites (N-methyl/N-ethyl adjacent to an activating group) is 1. The molecule has 0 aliphatic carbocycles. The van der Waals surface area contributed by atoms with Gasteiger partial charge in [-0.15, -0.1) is 0 Å². The van der Waals surface area contributed by atoms with Crippen molar-refractivity contribution in [2.45, 2.75) is 24.3 Å². The molecule has 0 unspecified atom stereocenters. The van der Waals surface area contributed by atoms with Crippen molar-refractivity contribution in [1.29, 1.82) is 0 Å². The Balaban J connectivity index is 1.69. The van der Waals surface area contributed by atoms with Gasteiger partial charge in [0.05, 0.1) is 27.7 Å². The predicted octanol–water partition coefficient (Wildman–Crippen LogP) is 1.70. The zero-order valence-electron chi connectivity index (χ0n) is 18.4. The van der Waals surface area contributed by atoms with Gasteiger partial charge in [-0.25, -0.2) is 21.6 Å². The maximum atomic E-state index is 13.0. The summed E-state index contributed by atoms with van der Waals surface area (Å²) in [7, 11) is -5.68. The standard InChI is InChI=1S/C22H26N2O7S2/c1-3-24(19-12-13-32(27,28)16-19)21(25)15-31-22(26)17-8-7-11-20(14-17)33(29,30)23(2)18-9-5-4-6-10-18/h4-11,14,19H,3,12-13,15-16H2,1-2H3/t19-/m0/s1. The van der Waals surface area contributed by atoms with Crippen molar-refractivity contribution < 1.29 is 31.2 Å². The largest absolute Gasteiger partial charge is 0.452 e. The monoisotopic (exact) mass is 494 g/mol. The molecule has 9 nitrogen and oxygen atoms in total. The summed E-state index contributed by atoms with van der Waals surface area (Å²) in [5, 5.41) is 0. The molecule has 178 valence electrons. The summed E-state index contributed by atoms with van der Waals surface area (Å²) in [6.45, 7) is 1.45. The van der Waals surface area contributed by atoms with Gasteiger partial charge in [0.15, 0.2) is 16.4 Å². The number of carbonyl (C=O) groups is 2. The molecule has 0 spiro atoms. The van der Waals surface area contributed by atoms with Gasteiger partial charge in [-0.2, -0.15) is 0 Å². The molecule has 0 radical (unpaired) electrons. The molecule has 2 aromatic carbocycles. The van der Waals surface area contributed by atoms with Gasteiger partial charge < -0.3 is 9.64 Å². The second-order valence-corrected chi connectivity index (χ2v) is 11.8. The molecule has 11 heteroatoms. The first-order valence-corrected chi connectivity index (χ1v) is 13.6. The molecule has 1 amide bonds. The van der Waals surface area contributed by atoms with Gasteiger partial charge in [0.2, 0.25) is 0 Å². The van der Waals surface area contributed by atoms with E-state index in [0.717, 1.165) is 4.31 Å². The Morgan fingerprint density at radius 3 is 2.39 bits per heavy atom. The Morgan fingerprint density at radius 2 is 1.79 bits per heavy atom. The number of sulfone groups is 1. The number of ether oxygens (including phenoxy) is 1. The average Bonchev–Trinajstić information content (AvgIpc) is 3.17. The second kappa shape index (κ2) is 9.92. The number of hydrogen-bond donors (Lipinski definition) is 0. The first kappa shape index (κ1) is 24.7. The fourth-order valence-electron chi connectivity index (χ4n) is 3.67. The number of rotatable bonds is 8. The van der Waals surface area contributed by atoms with Crippen LogP contribution in [-0.2, 0) is 29.4 Å². The summed E-state index contributed by atoms with van der Waals surface area (Å²) >= 11 is 0. The smallest absolute Gasteiger partial charge is 0.338 e.